The Morgan fingerprint density at radius 2 is 2.00 bits per heavy atom. The lowest BCUT2D eigenvalue weighted by atomic mass is 10.1. The van der Waals surface area contributed by atoms with Crippen LogP contribution in [0.4, 0.5) is 0 Å². The summed E-state index contributed by atoms with van der Waals surface area (Å²) in [7, 11) is 3.85. The van der Waals surface area contributed by atoms with E-state index in [0.717, 1.165) is 12.3 Å². The molecule has 0 saturated carbocycles. The van der Waals surface area contributed by atoms with Gasteiger partial charge in [0.15, 0.2) is 0 Å². The van der Waals surface area contributed by atoms with E-state index in [9.17, 15) is 0 Å². The molecule has 0 aliphatic heterocycles. The lowest BCUT2D eigenvalue weighted by molar-refractivity contribution is 0.265. The molecule has 0 spiro atoms. The highest BCUT2D eigenvalue weighted by atomic mass is 16.5. The van der Waals surface area contributed by atoms with Crippen molar-refractivity contribution in [2.24, 2.45) is 0 Å². The van der Waals surface area contributed by atoms with Gasteiger partial charge in [0.25, 0.3) is 0 Å². The van der Waals surface area contributed by atoms with Gasteiger partial charge in [0.05, 0.1) is 7.11 Å². The van der Waals surface area contributed by atoms with E-state index in [4.69, 9.17) is 4.74 Å². The third kappa shape index (κ3) is 3.24. The molecule has 0 aliphatic carbocycles. The van der Waals surface area contributed by atoms with Gasteiger partial charge in [0.1, 0.15) is 5.75 Å². The summed E-state index contributed by atoms with van der Waals surface area (Å²) in [5, 5.41) is 0. The molecule has 1 aromatic carbocycles. The zero-order chi connectivity index (χ0) is 11.4. The number of benzene rings is 1. The topological polar surface area (TPSA) is 12.5 Å². The summed E-state index contributed by atoms with van der Waals surface area (Å²) in [6.07, 6.45) is 0. The molecule has 2 nitrogen and oxygen atoms in total. The van der Waals surface area contributed by atoms with Gasteiger partial charge in [-0.2, -0.15) is 0 Å². The van der Waals surface area contributed by atoms with Gasteiger partial charge in [-0.05, 0) is 51.1 Å². The minimum atomic E-state index is 0.565. The van der Waals surface area contributed by atoms with E-state index in [1.54, 1.807) is 7.11 Å². The summed E-state index contributed by atoms with van der Waals surface area (Å²) < 4.78 is 5.23. The van der Waals surface area contributed by atoms with Crippen LogP contribution >= 0.6 is 0 Å². The Kier molecular flexibility index (Phi) is 4.15. The molecule has 84 valence electrons. The molecule has 15 heavy (non-hydrogen) atoms. The van der Waals surface area contributed by atoms with E-state index >= 15 is 0 Å². The summed E-state index contributed by atoms with van der Waals surface area (Å²) in [4.78, 5) is 2.32. The second-order valence-corrected chi connectivity index (χ2v) is 4.30. The van der Waals surface area contributed by atoms with Crippen LogP contribution in [0, 0.1) is 6.92 Å². The van der Waals surface area contributed by atoms with Gasteiger partial charge in [-0.25, -0.2) is 0 Å². The first-order valence-electron chi connectivity index (χ1n) is 5.38. The number of nitrogens with zero attached hydrogens (tertiary/aromatic N) is 1. The highest BCUT2D eigenvalue weighted by Crippen LogP contribution is 2.18. The summed E-state index contributed by atoms with van der Waals surface area (Å²) in [5.41, 5.74) is 2.66. The highest BCUT2D eigenvalue weighted by Gasteiger charge is 2.07. The number of hydrogen-bond donors (Lipinski definition) is 0. The quantitative estimate of drug-likeness (QED) is 0.752. The average Bonchev–Trinajstić information content (AvgIpc) is 2.21. The summed E-state index contributed by atoms with van der Waals surface area (Å²) in [6.45, 7) is 7.52. The number of ether oxygens (including phenoxy) is 1. The number of hydrogen-bond acceptors (Lipinski definition) is 2. The molecule has 1 aromatic rings. The molecule has 0 aliphatic rings. The minimum Gasteiger partial charge on any atom is -0.497 e. The third-order valence-corrected chi connectivity index (χ3v) is 2.86. The monoisotopic (exact) mass is 207 g/mol. The smallest absolute Gasteiger partial charge is 0.119 e. The van der Waals surface area contributed by atoms with Crippen LogP contribution < -0.4 is 4.74 Å². The number of aryl methyl sites for hydroxylation is 1. The van der Waals surface area contributed by atoms with Gasteiger partial charge >= 0.3 is 0 Å². The number of methoxy groups -OCH3 is 1. The maximum Gasteiger partial charge on any atom is 0.119 e. The molecule has 0 N–H and O–H groups in total. The fourth-order valence-corrected chi connectivity index (χ4v) is 1.40. The van der Waals surface area contributed by atoms with Crippen molar-refractivity contribution in [2.75, 3.05) is 14.2 Å². The van der Waals surface area contributed by atoms with Crippen molar-refractivity contribution >= 4 is 0 Å². The van der Waals surface area contributed by atoms with Crippen LogP contribution in [0.3, 0.4) is 0 Å². The van der Waals surface area contributed by atoms with Gasteiger partial charge in [-0.15, -0.1) is 0 Å². The van der Waals surface area contributed by atoms with Gasteiger partial charge < -0.3 is 4.74 Å². The molecular formula is C13H21NO. The zero-order valence-electron chi connectivity index (χ0n) is 10.4. The fraction of sp³-hybridized carbons (Fsp3) is 0.538. The fourth-order valence-electron chi connectivity index (χ4n) is 1.40. The summed E-state index contributed by atoms with van der Waals surface area (Å²) in [5.74, 6) is 0.938. The Balaban J connectivity index is 2.83. The van der Waals surface area contributed by atoms with Crippen LogP contribution in [-0.2, 0) is 6.54 Å². The molecule has 0 atom stereocenters. The van der Waals surface area contributed by atoms with Crippen molar-refractivity contribution in [3.8, 4) is 5.75 Å². The molecule has 1 rings (SSSR count). The average molecular weight is 207 g/mol. The molecule has 0 radical (unpaired) electrons. The highest BCUT2D eigenvalue weighted by molar-refractivity contribution is 5.34. The van der Waals surface area contributed by atoms with Crippen LogP contribution in [0.15, 0.2) is 18.2 Å². The van der Waals surface area contributed by atoms with Crippen molar-refractivity contribution in [2.45, 2.75) is 33.4 Å². The lowest BCUT2D eigenvalue weighted by Gasteiger charge is -2.22. The van der Waals surface area contributed by atoms with E-state index in [1.807, 2.05) is 6.07 Å². The molecule has 0 heterocycles. The Morgan fingerprint density at radius 1 is 1.33 bits per heavy atom. The van der Waals surface area contributed by atoms with Gasteiger partial charge in [0.2, 0.25) is 0 Å². The predicted molar refractivity (Wildman–Crippen MR) is 64.3 cm³/mol. The van der Waals surface area contributed by atoms with Crippen molar-refractivity contribution in [1.29, 1.82) is 0 Å². The predicted octanol–water partition coefficient (Wildman–Crippen LogP) is 2.84. The molecule has 0 unspecified atom stereocenters. The molecule has 0 bridgehead atoms. The van der Waals surface area contributed by atoms with Crippen LogP contribution in [-0.4, -0.2) is 25.1 Å². The standard InChI is InChI=1S/C13H21NO/c1-10(2)14(4)9-12-8-13(15-5)7-6-11(12)3/h6-8,10H,9H2,1-5H3. The van der Waals surface area contributed by atoms with Crippen molar-refractivity contribution in [3.05, 3.63) is 29.3 Å². The largest absolute Gasteiger partial charge is 0.497 e. The van der Waals surface area contributed by atoms with Crippen LogP contribution in [0.1, 0.15) is 25.0 Å². The van der Waals surface area contributed by atoms with Gasteiger partial charge in [-0.1, -0.05) is 6.07 Å². The first-order valence-corrected chi connectivity index (χ1v) is 5.38. The van der Waals surface area contributed by atoms with Crippen LogP contribution in [0.5, 0.6) is 5.75 Å². The van der Waals surface area contributed by atoms with E-state index in [2.05, 4.69) is 44.9 Å². The normalized spacial score (nSPS) is 11.1. The van der Waals surface area contributed by atoms with E-state index in [0.29, 0.717) is 6.04 Å². The molecule has 0 saturated heterocycles. The first-order chi connectivity index (χ1) is 7.04. The second-order valence-electron chi connectivity index (χ2n) is 4.30. The zero-order valence-corrected chi connectivity index (χ0v) is 10.4. The maximum atomic E-state index is 5.23. The first kappa shape index (κ1) is 12.1. The van der Waals surface area contributed by atoms with Gasteiger partial charge in [0, 0.05) is 12.6 Å². The Hall–Kier alpha value is -1.02. The minimum absolute atomic E-state index is 0.565. The third-order valence-electron chi connectivity index (χ3n) is 2.86. The lowest BCUT2D eigenvalue weighted by Crippen LogP contribution is -2.25. The Morgan fingerprint density at radius 3 is 2.53 bits per heavy atom. The van der Waals surface area contributed by atoms with E-state index < -0.39 is 0 Å². The SMILES string of the molecule is COc1ccc(C)c(CN(C)C(C)C)c1. The Labute approximate surface area is 92.9 Å². The van der Waals surface area contributed by atoms with Crippen molar-refractivity contribution in [3.63, 3.8) is 0 Å². The van der Waals surface area contributed by atoms with Crippen LogP contribution in [0.2, 0.25) is 0 Å². The second kappa shape index (κ2) is 5.17. The molecule has 0 amide bonds. The molecular weight excluding hydrogens is 186 g/mol. The maximum absolute atomic E-state index is 5.23. The van der Waals surface area contributed by atoms with Gasteiger partial charge in [-0.3, -0.25) is 4.90 Å². The van der Waals surface area contributed by atoms with Crippen molar-refractivity contribution in [1.82, 2.24) is 4.90 Å². The Bertz CT molecular complexity index is 320. The van der Waals surface area contributed by atoms with Crippen LogP contribution in [0.25, 0.3) is 0 Å². The number of rotatable bonds is 4. The van der Waals surface area contributed by atoms with E-state index in [-0.39, 0.29) is 0 Å². The molecule has 2 heteroatoms. The summed E-state index contributed by atoms with van der Waals surface area (Å²) in [6, 6.07) is 6.81. The molecule has 0 fully saturated rings. The summed E-state index contributed by atoms with van der Waals surface area (Å²) >= 11 is 0. The van der Waals surface area contributed by atoms with Crippen molar-refractivity contribution < 1.29 is 4.74 Å². The molecule has 0 aromatic heterocycles. The van der Waals surface area contributed by atoms with E-state index in [1.165, 1.54) is 11.1 Å².